The molecule has 0 aliphatic rings. The van der Waals surface area contributed by atoms with Crippen LogP contribution in [0.15, 0.2) is 24.4 Å². The zero-order valence-corrected chi connectivity index (χ0v) is 14.2. The third-order valence-corrected chi connectivity index (χ3v) is 3.51. The van der Waals surface area contributed by atoms with Crippen molar-refractivity contribution in [3.05, 3.63) is 41.2 Å². The molecule has 0 radical (unpaired) electrons. The zero-order chi connectivity index (χ0) is 22.1. The van der Waals surface area contributed by atoms with Crippen LogP contribution in [0.3, 0.4) is 0 Å². The van der Waals surface area contributed by atoms with Crippen molar-refractivity contribution in [2.75, 3.05) is 12.8 Å². The Morgan fingerprint density at radius 1 is 1.17 bits per heavy atom. The number of methoxy groups -OCH3 is 1. The maximum absolute atomic E-state index is 13.0. The summed E-state index contributed by atoms with van der Waals surface area (Å²) in [5, 5.41) is 9.05. The number of halogens is 6. The van der Waals surface area contributed by atoms with Crippen LogP contribution in [0.1, 0.15) is 26.4 Å². The third kappa shape index (κ3) is 4.42. The molecule has 1 heterocycles. The number of alkyl halides is 6. The molecule has 0 aliphatic carbocycles. The molecule has 0 unspecified atom stereocenters. The number of carbonyl (C=O) groups excluding carboxylic acids is 2. The molecule has 154 valence electrons. The van der Waals surface area contributed by atoms with E-state index in [1.165, 1.54) is 0 Å². The van der Waals surface area contributed by atoms with Crippen molar-refractivity contribution in [3.8, 4) is 17.5 Å². The fourth-order valence-corrected chi connectivity index (χ4v) is 2.36. The maximum Gasteiger partial charge on any atom is 0.573 e. The van der Waals surface area contributed by atoms with Crippen LogP contribution in [-0.2, 0) is 4.74 Å². The molecule has 2 rings (SSSR count). The standard InChI is InChI=1S/C16H9F6N3O4/c1-28-14(27)12-11(24)7(5-23)6-25(12)10-3-2-8(29-16(20,21)22)4-9(10)13(26)15(17,18)19/h2-4,6H,24H2,1H3. The number of carbonyl (C=O) groups is 2. The first-order valence-electron chi connectivity index (χ1n) is 7.31. The number of Topliss-reactive ketones (excluding diaryl/α,β-unsaturated/α-hetero) is 1. The van der Waals surface area contributed by atoms with Gasteiger partial charge >= 0.3 is 18.5 Å². The normalized spacial score (nSPS) is 11.7. The van der Waals surface area contributed by atoms with Crippen molar-refractivity contribution < 1.29 is 45.4 Å². The first-order valence-corrected chi connectivity index (χ1v) is 7.31. The molecule has 0 bridgehead atoms. The lowest BCUT2D eigenvalue weighted by atomic mass is 10.1. The van der Waals surface area contributed by atoms with Crippen molar-refractivity contribution in [1.82, 2.24) is 4.57 Å². The van der Waals surface area contributed by atoms with E-state index in [0.717, 1.165) is 13.3 Å². The van der Waals surface area contributed by atoms with Gasteiger partial charge in [-0.2, -0.15) is 18.4 Å². The van der Waals surface area contributed by atoms with Gasteiger partial charge in [-0.15, -0.1) is 13.2 Å². The Hall–Kier alpha value is -3.69. The summed E-state index contributed by atoms with van der Waals surface area (Å²) in [6.07, 6.45) is -9.86. The number of nitrogens with two attached hydrogens (primary N) is 1. The minimum absolute atomic E-state index is 0.210. The van der Waals surface area contributed by atoms with Gasteiger partial charge in [-0.1, -0.05) is 0 Å². The summed E-state index contributed by atoms with van der Waals surface area (Å²) in [5.41, 5.74) is 2.29. The highest BCUT2D eigenvalue weighted by atomic mass is 19.4. The molecule has 0 aliphatic heterocycles. The highest BCUT2D eigenvalue weighted by Crippen LogP contribution is 2.33. The number of esters is 1. The Bertz CT molecular complexity index is 1020. The van der Waals surface area contributed by atoms with Gasteiger partial charge in [0.25, 0.3) is 5.78 Å². The average Bonchev–Trinajstić information content (AvgIpc) is 2.94. The second-order valence-corrected chi connectivity index (χ2v) is 5.33. The summed E-state index contributed by atoms with van der Waals surface area (Å²) >= 11 is 0. The van der Waals surface area contributed by atoms with Crippen LogP contribution in [-0.4, -0.2) is 36.0 Å². The number of hydrogen-bond donors (Lipinski definition) is 1. The summed E-state index contributed by atoms with van der Waals surface area (Å²) in [4.78, 5) is 23.8. The van der Waals surface area contributed by atoms with Crippen LogP contribution < -0.4 is 10.5 Å². The van der Waals surface area contributed by atoms with Gasteiger partial charge in [0.1, 0.15) is 11.8 Å². The first kappa shape index (κ1) is 21.6. The number of ether oxygens (including phenoxy) is 2. The van der Waals surface area contributed by atoms with Gasteiger partial charge in [-0.25, -0.2) is 4.79 Å². The summed E-state index contributed by atoms with van der Waals surface area (Å²) in [6.45, 7) is 0. The van der Waals surface area contributed by atoms with E-state index in [-0.39, 0.29) is 11.6 Å². The molecular weight excluding hydrogens is 412 g/mol. The second kappa shape index (κ2) is 7.38. The predicted molar refractivity (Wildman–Crippen MR) is 83.3 cm³/mol. The molecule has 13 heteroatoms. The molecule has 0 saturated heterocycles. The Morgan fingerprint density at radius 3 is 2.28 bits per heavy atom. The van der Waals surface area contributed by atoms with E-state index in [0.29, 0.717) is 16.7 Å². The van der Waals surface area contributed by atoms with E-state index in [1.54, 1.807) is 6.07 Å². The van der Waals surface area contributed by atoms with Gasteiger partial charge in [-0.05, 0) is 18.2 Å². The molecule has 2 aromatic rings. The van der Waals surface area contributed by atoms with Crippen LogP contribution in [0.5, 0.6) is 5.75 Å². The molecule has 0 fully saturated rings. The number of anilines is 1. The topological polar surface area (TPSA) is 107 Å². The number of hydrogen-bond acceptors (Lipinski definition) is 6. The zero-order valence-electron chi connectivity index (χ0n) is 14.2. The van der Waals surface area contributed by atoms with Gasteiger partial charge in [0.05, 0.1) is 29.6 Å². The predicted octanol–water partition coefficient (Wildman–Crippen LogP) is 3.36. The monoisotopic (exact) mass is 421 g/mol. The number of benzene rings is 1. The van der Waals surface area contributed by atoms with Crippen LogP contribution >= 0.6 is 0 Å². The lowest BCUT2D eigenvalue weighted by Crippen LogP contribution is -2.25. The van der Waals surface area contributed by atoms with Crippen LogP contribution in [0.2, 0.25) is 0 Å². The summed E-state index contributed by atoms with van der Waals surface area (Å²) in [7, 11) is 0.924. The molecule has 1 aromatic carbocycles. The number of aromatic nitrogens is 1. The van der Waals surface area contributed by atoms with Crippen molar-refractivity contribution in [1.29, 1.82) is 5.26 Å². The van der Waals surface area contributed by atoms with Gasteiger partial charge in [-0.3, -0.25) is 4.79 Å². The van der Waals surface area contributed by atoms with E-state index < -0.39 is 52.7 Å². The Balaban J connectivity index is 2.81. The molecule has 7 nitrogen and oxygen atoms in total. The molecule has 0 saturated carbocycles. The fourth-order valence-electron chi connectivity index (χ4n) is 2.36. The van der Waals surface area contributed by atoms with E-state index >= 15 is 0 Å². The lowest BCUT2D eigenvalue weighted by Gasteiger charge is -2.16. The van der Waals surface area contributed by atoms with Crippen molar-refractivity contribution >= 4 is 17.4 Å². The molecule has 0 spiro atoms. The van der Waals surface area contributed by atoms with Crippen molar-refractivity contribution in [2.24, 2.45) is 0 Å². The quantitative estimate of drug-likeness (QED) is 0.461. The summed E-state index contributed by atoms with van der Waals surface area (Å²) in [5.74, 6) is -4.78. The van der Waals surface area contributed by atoms with Crippen molar-refractivity contribution in [2.45, 2.75) is 12.5 Å². The number of nitriles is 1. The third-order valence-electron chi connectivity index (χ3n) is 3.51. The van der Waals surface area contributed by atoms with Gasteiger partial charge in [0, 0.05) is 6.20 Å². The van der Waals surface area contributed by atoms with Gasteiger partial charge in [0.2, 0.25) is 0 Å². The van der Waals surface area contributed by atoms with Crippen LogP contribution in [0.25, 0.3) is 5.69 Å². The average molecular weight is 421 g/mol. The molecular formula is C16H9F6N3O4. The number of ketones is 1. The number of nitrogen functional groups attached to an aromatic ring is 1. The lowest BCUT2D eigenvalue weighted by molar-refractivity contribution is -0.274. The minimum atomic E-state index is -5.46. The molecule has 0 amide bonds. The van der Waals surface area contributed by atoms with E-state index in [9.17, 15) is 35.9 Å². The molecule has 1 aromatic heterocycles. The Labute approximate surface area is 157 Å². The van der Waals surface area contributed by atoms with Gasteiger partial charge in [0.15, 0.2) is 5.69 Å². The minimum Gasteiger partial charge on any atom is -0.464 e. The second-order valence-electron chi connectivity index (χ2n) is 5.33. The van der Waals surface area contributed by atoms with Gasteiger partial charge < -0.3 is 19.8 Å². The first-order chi connectivity index (χ1) is 13.3. The largest absolute Gasteiger partial charge is 0.573 e. The van der Waals surface area contributed by atoms with E-state index in [4.69, 9.17) is 11.0 Å². The maximum atomic E-state index is 13.0. The highest BCUT2D eigenvalue weighted by molar-refractivity contribution is 6.04. The van der Waals surface area contributed by atoms with Crippen LogP contribution in [0.4, 0.5) is 32.0 Å². The number of rotatable bonds is 4. The smallest absolute Gasteiger partial charge is 0.464 e. The Morgan fingerprint density at radius 2 is 1.79 bits per heavy atom. The summed E-state index contributed by atoms with van der Waals surface area (Å²) in [6, 6.07) is 3.10. The SMILES string of the molecule is COC(=O)c1c(N)c(C#N)cn1-c1ccc(OC(F)(F)F)cc1C(=O)C(F)(F)F. The van der Waals surface area contributed by atoms with Crippen molar-refractivity contribution in [3.63, 3.8) is 0 Å². The van der Waals surface area contributed by atoms with E-state index in [1.807, 2.05) is 0 Å². The summed E-state index contributed by atoms with van der Waals surface area (Å²) < 4.78 is 84.8. The number of nitrogens with zero attached hydrogens (tertiary/aromatic N) is 2. The molecule has 0 atom stereocenters. The Kier molecular flexibility index (Phi) is 5.50. The van der Waals surface area contributed by atoms with Crippen LogP contribution in [0, 0.1) is 11.3 Å². The fraction of sp³-hybridized carbons (Fsp3) is 0.188. The van der Waals surface area contributed by atoms with E-state index in [2.05, 4.69) is 9.47 Å². The molecule has 2 N–H and O–H groups in total. The highest BCUT2D eigenvalue weighted by Gasteiger charge is 2.42. The molecule has 29 heavy (non-hydrogen) atoms.